The highest BCUT2D eigenvalue weighted by atomic mass is 16.7. The van der Waals surface area contributed by atoms with E-state index in [4.69, 9.17) is 14.2 Å². The van der Waals surface area contributed by atoms with Crippen molar-refractivity contribution in [2.75, 3.05) is 6.61 Å². The molecule has 3 aliphatic carbocycles. The predicted octanol–water partition coefficient (Wildman–Crippen LogP) is -0.292. The number of ether oxygens (including phenoxy) is 3. The lowest BCUT2D eigenvalue weighted by atomic mass is 9.38. The maximum atomic E-state index is 12.9. The lowest BCUT2D eigenvalue weighted by molar-refractivity contribution is -0.339. The minimum atomic E-state index is -2.05. The third kappa shape index (κ3) is 2.23. The van der Waals surface area contributed by atoms with Gasteiger partial charge in [-0.05, 0) is 31.3 Å². The van der Waals surface area contributed by atoms with E-state index in [1.807, 2.05) is 0 Å². The maximum Gasteiger partial charge on any atom is 0.348 e. The van der Waals surface area contributed by atoms with Crippen LogP contribution in [0.3, 0.4) is 0 Å². The van der Waals surface area contributed by atoms with Crippen LogP contribution in [0.2, 0.25) is 0 Å². The number of esters is 2. The third-order valence-electron chi connectivity index (χ3n) is 8.92. The number of aliphatic hydroxyl groups is 3. The van der Waals surface area contributed by atoms with Gasteiger partial charge in [0.1, 0.15) is 18.3 Å². The Morgan fingerprint density at radius 3 is 2.61 bits per heavy atom. The van der Waals surface area contributed by atoms with Crippen LogP contribution in [0.15, 0.2) is 11.6 Å². The van der Waals surface area contributed by atoms with Crippen molar-refractivity contribution in [3.8, 4) is 0 Å². The van der Waals surface area contributed by atoms with Gasteiger partial charge in [-0.25, -0.2) is 4.79 Å². The van der Waals surface area contributed by atoms with Crippen LogP contribution in [0, 0.1) is 34.5 Å². The number of ketones is 1. The highest BCUT2D eigenvalue weighted by molar-refractivity contribution is 5.96. The maximum absolute atomic E-state index is 12.9. The number of aliphatic hydroxyl groups excluding tert-OH is 2. The van der Waals surface area contributed by atoms with E-state index in [-0.39, 0.29) is 12.5 Å². The first-order chi connectivity index (χ1) is 14.4. The molecular weight excluding hydrogens is 408 g/mol. The van der Waals surface area contributed by atoms with Crippen molar-refractivity contribution in [1.82, 2.24) is 0 Å². The number of carbonyl (C=O) groups is 3. The molecular formula is C22H28O9. The summed E-state index contributed by atoms with van der Waals surface area (Å²) in [5.74, 6) is -6.57. The molecule has 0 aromatic heterocycles. The summed E-state index contributed by atoms with van der Waals surface area (Å²) in [6.45, 7) is 6.33. The van der Waals surface area contributed by atoms with Gasteiger partial charge in [0, 0.05) is 29.6 Å². The second-order valence-electron chi connectivity index (χ2n) is 10.2. The van der Waals surface area contributed by atoms with Gasteiger partial charge in [-0.15, -0.1) is 0 Å². The zero-order valence-corrected chi connectivity index (χ0v) is 17.9. The fourth-order valence-corrected chi connectivity index (χ4v) is 7.91. The van der Waals surface area contributed by atoms with E-state index in [0.717, 1.165) is 5.57 Å². The Morgan fingerprint density at radius 1 is 1.29 bits per heavy atom. The van der Waals surface area contributed by atoms with E-state index < -0.39 is 76.5 Å². The number of hydrogen-bond donors (Lipinski definition) is 3. The molecule has 0 radical (unpaired) electrons. The van der Waals surface area contributed by atoms with Gasteiger partial charge in [0.25, 0.3) is 0 Å². The molecule has 2 saturated carbocycles. The predicted molar refractivity (Wildman–Crippen MR) is 102 cm³/mol. The molecule has 3 N–H and O–H groups in total. The number of allylic oxidation sites excluding steroid dienone is 1. The summed E-state index contributed by atoms with van der Waals surface area (Å²) in [6.07, 6.45) is -3.09. The normalized spacial score (nSPS) is 55.0. The average molecular weight is 436 g/mol. The molecule has 1 spiro atoms. The molecule has 0 aromatic rings. The highest BCUT2D eigenvalue weighted by Gasteiger charge is 2.83. The first-order valence-electron chi connectivity index (χ1n) is 10.7. The fraction of sp³-hybridized carbons (Fsp3) is 0.773. The quantitative estimate of drug-likeness (QED) is 0.473. The van der Waals surface area contributed by atoms with E-state index >= 15 is 0 Å². The van der Waals surface area contributed by atoms with Gasteiger partial charge in [0.2, 0.25) is 6.10 Å². The smallest absolute Gasteiger partial charge is 0.348 e. The summed E-state index contributed by atoms with van der Waals surface area (Å²) in [6, 6.07) is 0. The van der Waals surface area contributed by atoms with Crippen LogP contribution >= 0.6 is 0 Å². The Labute approximate surface area is 179 Å². The second-order valence-corrected chi connectivity index (χ2v) is 10.2. The molecule has 2 heterocycles. The van der Waals surface area contributed by atoms with Crippen molar-refractivity contribution in [3.63, 3.8) is 0 Å². The minimum Gasteiger partial charge on any atom is -0.459 e. The van der Waals surface area contributed by atoms with E-state index in [1.54, 1.807) is 20.8 Å². The summed E-state index contributed by atoms with van der Waals surface area (Å²) in [5, 5.41) is 34.0. The van der Waals surface area contributed by atoms with Crippen molar-refractivity contribution in [2.45, 2.75) is 64.3 Å². The summed E-state index contributed by atoms with van der Waals surface area (Å²) in [7, 11) is 0. The Bertz CT molecular complexity index is 913. The lowest BCUT2D eigenvalue weighted by Gasteiger charge is -2.68. The van der Waals surface area contributed by atoms with Gasteiger partial charge in [-0.1, -0.05) is 19.4 Å². The molecule has 0 amide bonds. The summed E-state index contributed by atoms with van der Waals surface area (Å²) in [5.41, 5.74) is -1.49. The van der Waals surface area contributed by atoms with E-state index in [1.165, 1.54) is 13.0 Å². The molecule has 4 fully saturated rings. The average Bonchev–Trinajstić information content (AvgIpc) is 2.97. The molecule has 11 atom stereocenters. The SMILES string of the molecule is CC(=O)O[C@H]1C(=O)O[C@@H]2C[C@H]3C(C)=CC(=O)[C@@H](O)[C@]3(C)[C@H]3C4(O)OC[C@@]23C1[C@@H](C)[C@H]4O. The van der Waals surface area contributed by atoms with Crippen LogP contribution in [-0.2, 0) is 28.6 Å². The largest absolute Gasteiger partial charge is 0.459 e. The van der Waals surface area contributed by atoms with Crippen molar-refractivity contribution in [3.05, 3.63) is 11.6 Å². The van der Waals surface area contributed by atoms with Crippen LogP contribution in [0.1, 0.15) is 34.1 Å². The Morgan fingerprint density at radius 2 is 1.97 bits per heavy atom. The van der Waals surface area contributed by atoms with Gasteiger partial charge >= 0.3 is 11.9 Å². The van der Waals surface area contributed by atoms with Crippen molar-refractivity contribution in [2.24, 2.45) is 34.5 Å². The van der Waals surface area contributed by atoms with Gasteiger partial charge < -0.3 is 29.5 Å². The van der Waals surface area contributed by atoms with Crippen LogP contribution in [-0.4, -0.2) is 69.9 Å². The van der Waals surface area contributed by atoms with E-state index in [9.17, 15) is 29.7 Å². The van der Waals surface area contributed by atoms with Crippen LogP contribution in [0.25, 0.3) is 0 Å². The van der Waals surface area contributed by atoms with Gasteiger partial charge in [-0.3, -0.25) is 9.59 Å². The fourth-order valence-electron chi connectivity index (χ4n) is 7.91. The zero-order chi connectivity index (χ0) is 22.7. The van der Waals surface area contributed by atoms with Gasteiger partial charge in [0.05, 0.1) is 6.61 Å². The molecule has 5 aliphatic rings. The number of carbonyl (C=O) groups excluding carboxylic acids is 3. The summed E-state index contributed by atoms with van der Waals surface area (Å²) < 4.78 is 17.1. The zero-order valence-electron chi connectivity index (χ0n) is 17.9. The van der Waals surface area contributed by atoms with Gasteiger partial charge in [0.15, 0.2) is 11.6 Å². The second kappa shape index (κ2) is 6.15. The molecule has 2 bridgehead atoms. The minimum absolute atomic E-state index is 0.0536. The molecule has 2 unspecified atom stereocenters. The molecule has 9 nitrogen and oxygen atoms in total. The topological polar surface area (TPSA) is 140 Å². The molecule has 0 aromatic carbocycles. The Hall–Kier alpha value is -1.81. The van der Waals surface area contributed by atoms with Crippen LogP contribution in [0.5, 0.6) is 0 Å². The molecule has 31 heavy (non-hydrogen) atoms. The van der Waals surface area contributed by atoms with E-state index in [2.05, 4.69) is 0 Å². The van der Waals surface area contributed by atoms with Gasteiger partial charge in [-0.2, -0.15) is 0 Å². The first kappa shape index (κ1) is 21.1. The molecule has 9 heteroatoms. The molecule has 2 saturated heterocycles. The van der Waals surface area contributed by atoms with Crippen molar-refractivity contribution < 1.29 is 43.9 Å². The Balaban J connectivity index is 1.76. The van der Waals surface area contributed by atoms with E-state index in [0.29, 0.717) is 6.42 Å². The summed E-state index contributed by atoms with van der Waals surface area (Å²) >= 11 is 0. The van der Waals surface area contributed by atoms with Crippen LogP contribution in [0.4, 0.5) is 0 Å². The molecule has 2 aliphatic heterocycles. The number of hydrogen-bond acceptors (Lipinski definition) is 9. The first-order valence-corrected chi connectivity index (χ1v) is 10.7. The lowest BCUT2D eigenvalue weighted by Crippen LogP contribution is -2.78. The third-order valence-corrected chi connectivity index (χ3v) is 8.92. The Kier molecular flexibility index (Phi) is 4.18. The molecule has 5 rings (SSSR count). The highest BCUT2D eigenvalue weighted by Crippen LogP contribution is 2.73. The standard InChI is InChI=1S/C22H28O9/c1-8-5-12(24)17(26)20(4)11(8)6-13-21-7-29-22(28,19(20)21)16(25)9(2)14(21)15(18(27)31-13)30-10(3)23/h5,9,11,13-17,19,25-26,28H,6-7H2,1-4H3/t9-,11+,13-,14?,15-,16-,17-,19-,20-,21+,22?/m1/s1. The number of fused-ring (bicyclic) bond motifs is 1. The van der Waals surface area contributed by atoms with Crippen LogP contribution < -0.4 is 0 Å². The van der Waals surface area contributed by atoms with Crippen molar-refractivity contribution in [1.29, 1.82) is 0 Å². The number of rotatable bonds is 1. The van der Waals surface area contributed by atoms with Crippen molar-refractivity contribution >= 4 is 17.7 Å². The summed E-state index contributed by atoms with van der Waals surface area (Å²) in [4.78, 5) is 37.4. The monoisotopic (exact) mass is 436 g/mol. The molecule has 170 valence electrons.